The molecule has 28 heavy (non-hydrogen) atoms. The predicted octanol–water partition coefficient (Wildman–Crippen LogP) is 3.75. The van der Waals surface area contributed by atoms with E-state index in [0.717, 1.165) is 48.0 Å². The number of rotatable bonds is 8. The summed E-state index contributed by atoms with van der Waals surface area (Å²) in [6, 6.07) is 13.7. The lowest BCUT2D eigenvalue weighted by Gasteiger charge is -2.39. The molecule has 1 aliphatic heterocycles. The first kappa shape index (κ1) is 20.2. The lowest BCUT2D eigenvalue weighted by Crippen LogP contribution is -2.42. The first-order valence-corrected chi connectivity index (χ1v) is 9.59. The normalized spacial score (nSPS) is 16.4. The highest BCUT2D eigenvalue weighted by molar-refractivity contribution is 5.47. The van der Waals surface area contributed by atoms with Crippen LogP contribution in [0.5, 0.6) is 17.2 Å². The molecule has 0 bridgehead atoms. The van der Waals surface area contributed by atoms with Gasteiger partial charge in [0.2, 0.25) is 0 Å². The average molecular weight is 383 g/mol. The van der Waals surface area contributed by atoms with Crippen LogP contribution in [0.4, 0.5) is 0 Å². The smallest absolute Gasteiger partial charge is 0.166 e. The van der Waals surface area contributed by atoms with Gasteiger partial charge in [0.15, 0.2) is 11.5 Å². The maximum Gasteiger partial charge on any atom is 0.166 e. The van der Waals surface area contributed by atoms with Crippen molar-refractivity contribution in [1.29, 1.82) is 0 Å². The molecule has 0 spiro atoms. The van der Waals surface area contributed by atoms with E-state index in [1.807, 2.05) is 36.4 Å². The number of hydrogen-bond acceptors (Lipinski definition) is 5. The van der Waals surface area contributed by atoms with E-state index in [1.54, 1.807) is 20.3 Å². The fourth-order valence-corrected chi connectivity index (χ4v) is 3.77. The van der Waals surface area contributed by atoms with E-state index in [9.17, 15) is 5.11 Å². The summed E-state index contributed by atoms with van der Waals surface area (Å²) in [7, 11) is 3.29. The van der Waals surface area contributed by atoms with Crippen LogP contribution in [-0.2, 0) is 12.1 Å². The number of para-hydroxylation sites is 2. The third-order valence-electron chi connectivity index (χ3n) is 5.31. The molecular weight excluding hydrogens is 354 g/mol. The van der Waals surface area contributed by atoms with E-state index in [2.05, 4.69) is 17.5 Å². The Morgan fingerprint density at radius 2 is 1.71 bits per heavy atom. The topological polar surface area (TPSA) is 51.2 Å². The van der Waals surface area contributed by atoms with Crippen molar-refractivity contribution in [3.8, 4) is 17.2 Å². The van der Waals surface area contributed by atoms with Crippen molar-refractivity contribution in [2.75, 3.05) is 33.9 Å². The molecule has 1 N–H and O–H groups in total. The van der Waals surface area contributed by atoms with Gasteiger partial charge in [0.25, 0.3) is 0 Å². The van der Waals surface area contributed by atoms with Crippen LogP contribution in [0.3, 0.4) is 0 Å². The Labute approximate surface area is 167 Å². The molecular formula is C23H29NO4. The first-order valence-electron chi connectivity index (χ1n) is 9.59. The number of methoxy groups -OCH3 is 2. The van der Waals surface area contributed by atoms with Gasteiger partial charge in [-0.1, -0.05) is 43.0 Å². The maximum absolute atomic E-state index is 11.2. The largest absolute Gasteiger partial charge is 0.496 e. The van der Waals surface area contributed by atoms with Crippen molar-refractivity contribution >= 4 is 0 Å². The minimum Gasteiger partial charge on any atom is -0.496 e. The van der Waals surface area contributed by atoms with Crippen LogP contribution in [0, 0.1) is 0 Å². The van der Waals surface area contributed by atoms with Gasteiger partial charge >= 0.3 is 0 Å². The van der Waals surface area contributed by atoms with Crippen LogP contribution < -0.4 is 14.2 Å². The van der Waals surface area contributed by atoms with Crippen LogP contribution in [0.15, 0.2) is 55.1 Å². The van der Waals surface area contributed by atoms with Gasteiger partial charge in [0.1, 0.15) is 12.4 Å². The summed E-state index contributed by atoms with van der Waals surface area (Å²) in [4.78, 5) is 2.33. The second-order valence-electron chi connectivity index (χ2n) is 7.06. The number of benzene rings is 2. The van der Waals surface area contributed by atoms with Gasteiger partial charge in [0, 0.05) is 30.8 Å². The summed E-state index contributed by atoms with van der Waals surface area (Å²) < 4.78 is 16.8. The molecule has 0 aliphatic carbocycles. The summed E-state index contributed by atoms with van der Waals surface area (Å²) >= 11 is 0. The SMILES string of the molecule is C=CCOc1c(CN2CCC(O)(c3ccccc3OC)CC2)cccc1OC. The molecule has 1 fully saturated rings. The molecule has 0 unspecified atom stereocenters. The van der Waals surface area contributed by atoms with Crippen molar-refractivity contribution in [3.63, 3.8) is 0 Å². The highest BCUT2D eigenvalue weighted by Crippen LogP contribution is 2.39. The van der Waals surface area contributed by atoms with Gasteiger partial charge in [-0.25, -0.2) is 0 Å². The van der Waals surface area contributed by atoms with Crippen LogP contribution in [0.25, 0.3) is 0 Å². The number of nitrogens with zero attached hydrogens (tertiary/aromatic N) is 1. The van der Waals surface area contributed by atoms with Gasteiger partial charge in [0.05, 0.1) is 19.8 Å². The number of ether oxygens (including phenoxy) is 3. The summed E-state index contributed by atoms with van der Waals surface area (Å²) in [6.07, 6.45) is 3.03. The molecule has 1 heterocycles. The minimum absolute atomic E-state index is 0.431. The van der Waals surface area contributed by atoms with Crippen molar-refractivity contribution < 1.29 is 19.3 Å². The van der Waals surface area contributed by atoms with Crippen molar-refractivity contribution in [2.45, 2.75) is 25.0 Å². The average Bonchev–Trinajstić information content (AvgIpc) is 2.74. The van der Waals surface area contributed by atoms with Gasteiger partial charge < -0.3 is 19.3 Å². The highest BCUT2D eigenvalue weighted by Gasteiger charge is 2.36. The molecule has 1 saturated heterocycles. The molecule has 2 aromatic rings. The number of aliphatic hydroxyl groups is 1. The van der Waals surface area contributed by atoms with E-state index in [4.69, 9.17) is 14.2 Å². The Morgan fingerprint density at radius 1 is 1.04 bits per heavy atom. The lowest BCUT2D eigenvalue weighted by molar-refractivity contribution is -0.0293. The second kappa shape index (κ2) is 9.13. The van der Waals surface area contributed by atoms with Crippen LogP contribution in [-0.4, -0.2) is 43.9 Å². The fraction of sp³-hybridized carbons (Fsp3) is 0.391. The number of piperidine rings is 1. The van der Waals surface area contributed by atoms with E-state index in [-0.39, 0.29) is 0 Å². The molecule has 5 nitrogen and oxygen atoms in total. The molecule has 3 rings (SSSR count). The molecule has 0 aromatic heterocycles. The summed E-state index contributed by atoms with van der Waals surface area (Å²) in [5, 5.41) is 11.2. The maximum atomic E-state index is 11.2. The van der Waals surface area contributed by atoms with E-state index in [0.29, 0.717) is 19.4 Å². The summed E-state index contributed by atoms with van der Waals surface area (Å²) in [5.41, 5.74) is 1.08. The first-order chi connectivity index (χ1) is 13.6. The van der Waals surface area contributed by atoms with Gasteiger partial charge in [-0.05, 0) is 25.0 Å². The Hall–Kier alpha value is -2.50. The standard InChI is InChI=1S/C23H29NO4/c1-4-16-28-22-18(8-7-11-21(22)27-3)17-24-14-12-23(25,13-15-24)19-9-5-6-10-20(19)26-2/h4-11,25H,1,12-17H2,2-3H3. The summed E-state index contributed by atoms with van der Waals surface area (Å²) in [6.45, 7) is 6.46. The quantitative estimate of drug-likeness (QED) is 0.704. The third kappa shape index (κ3) is 4.32. The Bertz CT molecular complexity index is 797. The van der Waals surface area contributed by atoms with Gasteiger partial charge in [-0.15, -0.1) is 0 Å². The molecule has 5 heteroatoms. The van der Waals surface area contributed by atoms with Crippen molar-refractivity contribution in [2.24, 2.45) is 0 Å². The van der Waals surface area contributed by atoms with Gasteiger partial charge in [-0.3, -0.25) is 4.90 Å². The Kier molecular flexibility index (Phi) is 6.60. The van der Waals surface area contributed by atoms with E-state index in [1.165, 1.54) is 0 Å². The van der Waals surface area contributed by atoms with Crippen molar-refractivity contribution in [3.05, 3.63) is 66.2 Å². The van der Waals surface area contributed by atoms with Crippen LogP contribution >= 0.6 is 0 Å². The number of hydrogen-bond donors (Lipinski definition) is 1. The Balaban J connectivity index is 1.72. The minimum atomic E-state index is -0.861. The molecule has 1 aliphatic rings. The molecule has 0 atom stereocenters. The van der Waals surface area contributed by atoms with Gasteiger partial charge in [-0.2, -0.15) is 0 Å². The molecule has 150 valence electrons. The number of likely N-dealkylation sites (tertiary alicyclic amines) is 1. The monoisotopic (exact) mass is 383 g/mol. The van der Waals surface area contributed by atoms with E-state index >= 15 is 0 Å². The van der Waals surface area contributed by atoms with Crippen LogP contribution in [0.2, 0.25) is 0 Å². The lowest BCUT2D eigenvalue weighted by atomic mass is 9.83. The zero-order valence-electron chi connectivity index (χ0n) is 16.7. The van der Waals surface area contributed by atoms with Crippen molar-refractivity contribution in [1.82, 2.24) is 4.90 Å². The fourth-order valence-electron chi connectivity index (χ4n) is 3.77. The zero-order chi connectivity index (χ0) is 20.0. The Morgan fingerprint density at radius 3 is 2.39 bits per heavy atom. The molecule has 0 radical (unpaired) electrons. The highest BCUT2D eigenvalue weighted by atomic mass is 16.5. The predicted molar refractivity (Wildman–Crippen MR) is 110 cm³/mol. The van der Waals surface area contributed by atoms with Crippen LogP contribution in [0.1, 0.15) is 24.0 Å². The molecule has 2 aromatic carbocycles. The molecule has 0 saturated carbocycles. The molecule has 0 amide bonds. The second-order valence-corrected chi connectivity index (χ2v) is 7.06. The zero-order valence-corrected chi connectivity index (χ0v) is 16.7. The summed E-state index contributed by atoms with van der Waals surface area (Å²) in [5.74, 6) is 2.23. The third-order valence-corrected chi connectivity index (χ3v) is 5.31. The van der Waals surface area contributed by atoms with E-state index < -0.39 is 5.60 Å².